The Labute approximate surface area is 76.5 Å². The van der Waals surface area contributed by atoms with E-state index >= 15 is 0 Å². The third kappa shape index (κ3) is 1.71. The quantitative estimate of drug-likeness (QED) is 0.720. The summed E-state index contributed by atoms with van der Waals surface area (Å²) < 4.78 is 10.3. The largest absolute Gasteiger partial charge is 0.380 e. The number of hydrogen-bond donors (Lipinski definition) is 1. The first kappa shape index (κ1) is 8.65. The number of hydrogen-bond acceptors (Lipinski definition) is 5. The summed E-state index contributed by atoms with van der Waals surface area (Å²) in [6.07, 6.45) is 1.16. The van der Waals surface area contributed by atoms with Gasteiger partial charge in [-0.3, -0.25) is 0 Å². The Bertz CT molecular complexity index is 287. The lowest BCUT2D eigenvalue weighted by Crippen LogP contribution is -2.16. The van der Waals surface area contributed by atoms with Gasteiger partial charge >= 0.3 is 0 Å². The molecule has 1 N–H and O–H groups in total. The van der Waals surface area contributed by atoms with Crippen LogP contribution in [0.3, 0.4) is 0 Å². The number of aromatic nitrogens is 2. The van der Waals surface area contributed by atoms with Crippen LogP contribution in [0.25, 0.3) is 0 Å². The molecule has 0 spiro atoms. The monoisotopic (exact) mass is 183 g/mol. The minimum atomic E-state index is 0.158. The highest BCUT2D eigenvalue weighted by atomic mass is 16.5. The van der Waals surface area contributed by atoms with Crippen molar-refractivity contribution in [2.45, 2.75) is 25.5 Å². The molecule has 0 unspecified atom stereocenters. The molecule has 0 amide bonds. The normalized spacial score (nSPS) is 28.2. The molecular formula is C8H13N3O2. The molecular weight excluding hydrogens is 170 g/mol. The van der Waals surface area contributed by atoms with Crippen molar-refractivity contribution >= 4 is 0 Å². The first-order chi connectivity index (χ1) is 6.29. The summed E-state index contributed by atoms with van der Waals surface area (Å²) in [4.78, 5) is 4.17. The molecule has 2 rings (SSSR count). The van der Waals surface area contributed by atoms with E-state index in [-0.39, 0.29) is 12.1 Å². The fraction of sp³-hybridized carbons (Fsp3) is 0.750. The molecule has 1 aromatic heterocycles. The summed E-state index contributed by atoms with van der Waals surface area (Å²) in [7, 11) is 1.72. The van der Waals surface area contributed by atoms with Crippen LogP contribution in [-0.2, 0) is 4.74 Å². The van der Waals surface area contributed by atoms with Gasteiger partial charge in [0.25, 0.3) is 0 Å². The minimum absolute atomic E-state index is 0.158. The fourth-order valence-electron chi connectivity index (χ4n) is 1.53. The Balaban J connectivity index is 2.03. The van der Waals surface area contributed by atoms with Crippen LogP contribution in [-0.4, -0.2) is 29.9 Å². The van der Waals surface area contributed by atoms with Crippen molar-refractivity contribution in [1.29, 1.82) is 0 Å². The zero-order valence-electron chi connectivity index (χ0n) is 7.78. The van der Waals surface area contributed by atoms with Crippen LogP contribution < -0.4 is 5.32 Å². The van der Waals surface area contributed by atoms with Gasteiger partial charge in [-0.05, 0) is 13.3 Å². The van der Waals surface area contributed by atoms with Gasteiger partial charge in [-0.15, -0.1) is 0 Å². The van der Waals surface area contributed by atoms with E-state index in [1.807, 2.05) is 6.92 Å². The highest BCUT2D eigenvalue weighted by Crippen LogP contribution is 2.22. The molecule has 0 radical (unpaired) electrons. The lowest BCUT2D eigenvalue weighted by molar-refractivity contribution is 0.116. The summed E-state index contributed by atoms with van der Waals surface area (Å²) in [6.45, 7) is 2.67. The molecule has 13 heavy (non-hydrogen) atoms. The van der Waals surface area contributed by atoms with Gasteiger partial charge in [-0.2, -0.15) is 4.98 Å². The van der Waals surface area contributed by atoms with Gasteiger partial charge in [0.1, 0.15) is 0 Å². The van der Waals surface area contributed by atoms with Gasteiger partial charge in [0.05, 0.1) is 12.1 Å². The van der Waals surface area contributed by atoms with Crippen molar-refractivity contribution in [1.82, 2.24) is 15.5 Å². The molecule has 5 nitrogen and oxygen atoms in total. The SMILES string of the molecule is CO[C@@H]1CN[C@H](c2nc(C)no2)C1. The molecule has 1 aliphatic heterocycles. The Kier molecular flexibility index (Phi) is 2.28. The van der Waals surface area contributed by atoms with Crippen LogP contribution in [0.5, 0.6) is 0 Å². The van der Waals surface area contributed by atoms with Crippen LogP contribution in [0.4, 0.5) is 0 Å². The van der Waals surface area contributed by atoms with Crippen molar-refractivity contribution < 1.29 is 9.26 Å². The predicted octanol–water partition coefficient (Wildman–Crippen LogP) is 0.427. The Morgan fingerprint density at radius 2 is 2.46 bits per heavy atom. The van der Waals surface area contributed by atoms with Gasteiger partial charge in [-0.25, -0.2) is 0 Å². The summed E-state index contributed by atoms with van der Waals surface area (Å²) in [6, 6.07) is 0.158. The van der Waals surface area contributed by atoms with Gasteiger partial charge in [0.2, 0.25) is 5.89 Å². The van der Waals surface area contributed by atoms with Crippen LogP contribution in [0, 0.1) is 6.92 Å². The number of methoxy groups -OCH3 is 1. The van der Waals surface area contributed by atoms with E-state index in [0.29, 0.717) is 11.7 Å². The van der Waals surface area contributed by atoms with Crippen LogP contribution in [0.1, 0.15) is 24.2 Å². The number of ether oxygens (including phenoxy) is 1. The molecule has 1 saturated heterocycles. The summed E-state index contributed by atoms with van der Waals surface area (Å²) in [5.74, 6) is 1.34. The molecule has 0 aromatic carbocycles. The maximum Gasteiger partial charge on any atom is 0.243 e. The highest BCUT2D eigenvalue weighted by molar-refractivity contribution is 4.96. The average molecular weight is 183 g/mol. The second-order valence-corrected chi connectivity index (χ2v) is 3.23. The van der Waals surface area contributed by atoms with Crippen LogP contribution in [0.15, 0.2) is 4.52 Å². The molecule has 0 saturated carbocycles. The van der Waals surface area contributed by atoms with E-state index < -0.39 is 0 Å². The van der Waals surface area contributed by atoms with Crippen LogP contribution in [0.2, 0.25) is 0 Å². The molecule has 5 heteroatoms. The highest BCUT2D eigenvalue weighted by Gasteiger charge is 2.28. The second kappa shape index (κ2) is 3.43. The van der Waals surface area contributed by atoms with Crippen molar-refractivity contribution in [3.05, 3.63) is 11.7 Å². The van der Waals surface area contributed by atoms with E-state index in [1.54, 1.807) is 7.11 Å². The lowest BCUT2D eigenvalue weighted by Gasteiger charge is -2.03. The Morgan fingerprint density at radius 1 is 1.62 bits per heavy atom. The van der Waals surface area contributed by atoms with Crippen LogP contribution >= 0.6 is 0 Å². The molecule has 0 bridgehead atoms. The number of nitrogens with one attached hydrogen (secondary N) is 1. The van der Waals surface area contributed by atoms with Crippen molar-refractivity contribution in [3.8, 4) is 0 Å². The third-order valence-corrected chi connectivity index (χ3v) is 2.27. The predicted molar refractivity (Wildman–Crippen MR) is 45.2 cm³/mol. The maximum atomic E-state index is 5.22. The van der Waals surface area contributed by atoms with E-state index in [1.165, 1.54) is 0 Å². The second-order valence-electron chi connectivity index (χ2n) is 3.23. The average Bonchev–Trinajstić information content (AvgIpc) is 2.71. The number of rotatable bonds is 2. The summed E-state index contributed by atoms with van der Waals surface area (Å²) in [5, 5.41) is 7.01. The van der Waals surface area contributed by atoms with Crippen molar-refractivity contribution in [3.63, 3.8) is 0 Å². The lowest BCUT2D eigenvalue weighted by atomic mass is 10.2. The molecule has 0 aliphatic carbocycles. The van der Waals surface area contributed by atoms with Crippen molar-refractivity contribution in [2.24, 2.45) is 0 Å². The number of aryl methyl sites for hydroxylation is 1. The third-order valence-electron chi connectivity index (χ3n) is 2.27. The van der Waals surface area contributed by atoms with E-state index in [9.17, 15) is 0 Å². The summed E-state index contributed by atoms with van der Waals surface area (Å²) in [5.41, 5.74) is 0. The first-order valence-corrected chi connectivity index (χ1v) is 4.36. The molecule has 2 heterocycles. The van der Waals surface area contributed by atoms with Gasteiger partial charge in [-0.1, -0.05) is 5.16 Å². The minimum Gasteiger partial charge on any atom is -0.380 e. The maximum absolute atomic E-state index is 5.22. The molecule has 2 atom stereocenters. The molecule has 72 valence electrons. The van der Waals surface area contributed by atoms with Gasteiger partial charge < -0.3 is 14.6 Å². The summed E-state index contributed by atoms with van der Waals surface area (Å²) >= 11 is 0. The Morgan fingerprint density at radius 3 is 3.00 bits per heavy atom. The van der Waals surface area contributed by atoms with Crippen molar-refractivity contribution in [2.75, 3.05) is 13.7 Å². The Hall–Kier alpha value is -0.940. The fourth-order valence-corrected chi connectivity index (χ4v) is 1.53. The topological polar surface area (TPSA) is 60.2 Å². The number of nitrogens with zero attached hydrogens (tertiary/aromatic N) is 2. The van der Waals surface area contributed by atoms with E-state index in [2.05, 4.69) is 15.5 Å². The zero-order chi connectivity index (χ0) is 9.26. The standard InChI is InChI=1S/C8H13N3O2/c1-5-10-8(13-11-5)7-3-6(12-2)4-9-7/h6-7,9H,3-4H2,1-2H3/t6-,7-/m0/s1. The van der Waals surface area contributed by atoms with Gasteiger partial charge in [0, 0.05) is 13.7 Å². The molecule has 1 fully saturated rings. The van der Waals surface area contributed by atoms with E-state index in [4.69, 9.17) is 9.26 Å². The van der Waals surface area contributed by atoms with Gasteiger partial charge in [0.15, 0.2) is 5.82 Å². The molecule has 1 aliphatic rings. The zero-order valence-corrected chi connectivity index (χ0v) is 7.78. The first-order valence-electron chi connectivity index (χ1n) is 4.36. The van der Waals surface area contributed by atoms with E-state index in [0.717, 1.165) is 13.0 Å². The smallest absolute Gasteiger partial charge is 0.243 e. The molecule has 1 aromatic rings.